The van der Waals surface area contributed by atoms with Gasteiger partial charge < -0.3 is 15.3 Å². The van der Waals surface area contributed by atoms with Gasteiger partial charge in [0.15, 0.2) is 0 Å². The number of aryl methyl sites for hydroxylation is 1. The molecule has 0 radical (unpaired) electrons. The highest BCUT2D eigenvalue weighted by Gasteiger charge is 2.44. The molecule has 3 atom stereocenters. The Morgan fingerprint density at radius 2 is 1.91 bits per heavy atom. The molecule has 3 rings (SSSR count). The number of aliphatic hydroxyl groups excluding tert-OH is 1. The van der Waals surface area contributed by atoms with Crippen LogP contribution in [-0.4, -0.2) is 45.5 Å². The van der Waals surface area contributed by atoms with E-state index in [0.717, 1.165) is 21.7 Å². The Balaban J connectivity index is 1.67. The second kappa shape index (κ2) is 9.71. The lowest BCUT2D eigenvalue weighted by Crippen LogP contribution is -2.50. The number of aliphatic hydroxyl groups is 1. The first-order valence-electron chi connectivity index (χ1n) is 11.2. The molecule has 7 heteroatoms. The zero-order valence-corrected chi connectivity index (χ0v) is 20.7. The minimum atomic E-state index is -0.676. The molecule has 0 spiro atoms. The number of aromatic nitrogens is 1. The number of nitrogens with one attached hydrogen (secondary N) is 1. The van der Waals surface area contributed by atoms with Crippen molar-refractivity contribution in [3.63, 3.8) is 0 Å². The van der Waals surface area contributed by atoms with Crippen molar-refractivity contribution < 1.29 is 14.7 Å². The number of rotatable bonds is 6. The number of likely N-dealkylation sites (tertiary alicyclic amines) is 1. The van der Waals surface area contributed by atoms with E-state index in [4.69, 9.17) is 0 Å². The van der Waals surface area contributed by atoms with E-state index in [1.807, 2.05) is 50.5 Å². The van der Waals surface area contributed by atoms with Gasteiger partial charge in [0.05, 0.1) is 22.2 Å². The summed E-state index contributed by atoms with van der Waals surface area (Å²) >= 11 is 1.61. The van der Waals surface area contributed by atoms with Gasteiger partial charge in [0.2, 0.25) is 11.8 Å². The van der Waals surface area contributed by atoms with Gasteiger partial charge in [0.1, 0.15) is 6.04 Å². The first-order valence-corrected chi connectivity index (χ1v) is 12.1. The van der Waals surface area contributed by atoms with Gasteiger partial charge in [0, 0.05) is 25.4 Å². The Kier molecular flexibility index (Phi) is 7.40. The zero-order valence-electron chi connectivity index (χ0n) is 19.9. The van der Waals surface area contributed by atoms with Gasteiger partial charge in [0.25, 0.3) is 0 Å². The minimum absolute atomic E-state index is 0.0477. The fourth-order valence-corrected chi connectivity index (χ4v) is 5.61. The monoisotopic (exact) mass is 457 g/mol. The van der Waals surface area contributed by atoms with Gasteiger partial charge in [-0.15, -0.1) is 11.3 Å². The third-order valence-electron chi connectivity index (χ3n) is 6.16. The number of nitrogens with zero attached hydrogens (tertiary/aromatic N) is 2. The summed E-state index contributed by atoms with van der Waals surface area (Å²) in [5, 5.41) is 13.2. The maximum absolute atomic E-state index is 13.4. The van der Waals surface area contributed by atoms with E-state index in [1.54, 1.807) is 16.2 Å². The largest absolute Gasteiger partial charge is 0.391 e. The Morgan fingerprint density at radius 3 is 2.44 bits per heavy atom. The predicted molar refractivity (Wildman–Crippen MR) is 128 cm³/mol. The lowest BCUT2D eigenvalue weighted by Gasteiger charge is -2.37. The maximum atomic E-state index is 13.4. The van der Waals surface area contributed by atoms with Crippen molar-refractivity contribution in [2.24, 2.45) is 17.3 Å². The highest BCUT2D eigenvalue weighted by atomic mass is 32.1. The van der Waals surface area contributed by atoms with Crippen LogP contribution in [0.25, 0.3) is 10.4 Å². The van der Waals surface area contributed by atoms with E-state index >= 15 is 0 Å². The van der Waals surface area contributed by atoms with Crippen LogP contribution >= 0.6 is 11.3 Å². The summed E-state index contributed by atoms with van der Waals surface area (Å²) in [5.74, 6) is -0.335. The molecule has 32 heavy (non-hydrogen) atoms. The van der Waals surface area contributed by atoms with Crippen molar-refractivity contribution in [2.45, 2.75) is 66.7 Å². The molecule has 174 valence electrons. The molecular weight excluding hydrogens is 422 g/mol. The number of carbonyl (C=O) groups excluding carboxylic acids is 2. The normalized spacial score (nSPS) is 19.9. The van der Waals surface area contributed by atoms with Gasteiger partial charge in [-0.1, -0.05) is 58.9 Å². The Labute approximate surface area is 195 Å². The van der Waals surface area contributed by atoms with Crippen LogP contribution in [0.15, 0.2) is 29.8 Å². The highest BCUT2D eigenvalue weighted by Crippen LogP contribution is 2.35. The van der Waals surface area contributed by atoms with Crippen LogP contribution < -0.4 is 5.32 Å². The van der Waals surface area contributed by atoms with Gasteiger partial charge in [-0.2, -0.15) is 0 Å². The number of carbonyl (C=O) groups is 2. The zero-order chi connectivity index (χ0) is 23.6. The molecule has 2 aromatic rings. The van der Waals surface area contributed by atoms with E-state index in [2.05, 4.69) is 31.1 Å². The minimum Gasteiger partial charge on any atom is -0.391 e. The van der Waals surface area contributed by atoms with E-state index in [9.17, 15) is 14.7 Å². The summed E-state index contributed by atoms with van der Waals surface area (Å²) in [6.45, 7) is 12.8. The van der Waals surface area contributed by atoms with Crippen molar-refractivity contribution in [1.29, 1.82) is 0 Å². The second-order valence-corrected chi connectivity index (χ2v) is 11.0. The Hall–Kier alpha value is -2.25. The molecule has 0 saturated carbocycles. The lowest BCUT2D eigenvalue weighted by molar-refractivity contribution is -0.146. The smallest absolute Gasteiger partial charge is 0.243 e. The topological polar surface area (TPSA) is 82.5 Å². The molecule has 2 heterocycles. The number of amides is 2. The van der Waals surface area contributed by atoms with Crippen molar-refractivity contribution >= 4 is 23.2 Å². The number of thiazole rings is 1. The summed E-state index contributed by atoms with van der Waals surface area (Å²) in [5.41, 5.74) is 4.72. The molecule has 0 bridgehead atoms. The van der Waals surface area contributed by atoms with Crippen molar-refractivity contribution in [1.82, 2.24) is 15.2 Å². The molecule has 1 aromatic carbocycles. The van der Waals surface area contributed by atoms with Crippen LogP contribution in [-0.2, 0) is 16.1 Å². The molecule has 6 nitrogen and oxygen atoms in total. The van der Waals surface area contributed by atoms with Crippen LogP contribution in [0.5, 0.6) is 0 Å². The summed E-state index contributed by atoms with van der Waals surface area (Å²) < 4.78 is 0. The lowest BCUT2D eigenvalue weighted by atomic mass is 9.73. The number of benzene rings is 1. The van der Waals surface area contributed by atoms with E-state index in [-0.39, 0.29) is 42.0 Å². The van der Waals surface area contributed by atoms with Crippen LogP contribution in [0.2, 0.25) is 0 Å². The molecule has 2 amide bonds. The second-order valence-electron chi connectivity index (χ2n) is 10.2. The van der Waals surface area contributed by atoms with E-state index in [0.29, 0.717) is 6.54 Å². The van der Waals surface area contributed by atoms with E-state index in [1.165, 1.54) is 0 Å². The fraction of sp³-hybridized carbons (Fsp3) is 0.560. The molecule has 1 saturated heterocycles. The quantitative estimate of drug-likeness (QED) is 0.687. The first-order chi connectivity index (χ1) is 15.0. The van der Waals surface area contributed by atoms with E-state index < -0.39 is 12.1 Å². The standard InChI is InChI=1S/C25H35N3O3S/c1-15(2)21(25(4,5)6)24(31)28-13-19(29)11-20(28)23(30)26-12-17-7-9-18(10-8-17)22-16(3)27-14-32-22/h7-10,14-15,19-21,29H,11-13H2,1-6H3,(H,26,30)/t19-,20+,21-/m1/s1. The molecule has 1 fully saturated rings. The van der Waals surface area contributed by atoms with Gasteiger partial charge in [-0.05, 0) is 29.4 Å². The number of β-amino-alcohol motifs (C(OH)–C–C–N with tert-alkyl or cyclic N) is 1. The number of hydrogen-bond donors (Lipinski definition) is 2. The summed E-state index contributed by atoms with van der Waals surface area (Å²) in [6, 6.07) is 7.42. The third-order valence-corrected chi connectivity index (χ3v) is 7.14. The van der Waals surface area contributed by atoms with Crippen LogP contribution in [0.3, 0.4) is 0 Å². The molecular formula is C25H35N3O3S. The average molecular weight is 458 g/mol. The molecule has 1 aliphatic heterocycles. The van der Waals surface area contributed by atoms with Crippen LogP contribution in [0.1, 0.15) is 52.3 Å². The summed E-state index contributed by atoms with van der Waals surface area (Å²) in [7, 11) is 0. The van der Waals surface area contributed by atoms with Gasteiger partial charge in [-0.3, -0.25) is 9.59 Å². The molecule has 0 aliphatic carbocycles. The van der Waals surface area contributed by atoms with Crippen LogP contribution in [0, 0.1) is 24.2 Å². The average Bonchev–Trinajstić information content (AvgIpc) is 3.30. The van der Waals surface area contributed by atoms with Gasteiger partial charge in [-0.25, -0.2) is 4.98 Å². The van der Waals surface area contributed by atoms with Gasteiger partial charge >= 0.3 is 0 Å². The Morgan fingerprint density at radius 1 is 1.25 bits per heavy atom. The van der Waals surface area contributed by atoms with Crippen LogP contribution in [0.4, 0.5) is 0 Å². The first kappa shape index (κ1) is 24.4. The molecule has 2 N–H and O–H groups in total. The summed E-state index contributed by atoms with van der Waals surface area (Å²) in [6.07, 6.45) is -0.403. The molecule has 1 aromatic heterocycles. The fourth-order valence-electron chi connectivity index (χ4n) is 4.80. The maximum Gasteiger partial charge on any atom is 0.243 e. The summed E-state index contributed by atoms with van der Waals surface area (Å²) in [4.78, 5) is 33.4. The molecule has 1 aliphatic rings. The SMILES string of the molecule is Cc1ncsc1-c1ccc(CNC(=O)[C@@H]2C[C@@H](O)CN2C(=O)[C@@H](C(C)C)C(C)(C)C)cc1. The number of hydrogen-bond acceptors (Lipinski definition) is 5. The highest BCUT2D eigenvalue weighted by molar-refractivity contribution is 7.13. The predicted octanol–water partition coefficient (Wildman–Crippen LogP) is 4.01. The van der Waals surface area contributed by atoms with Crippen molar-refractivity contribution in [2.75, 3.05) is 6.54 Å². The Bertz CT molecular complexity index is 946. The van der Waals surface area contributed by atoms with Crippen molar-refractivity contribution in [3.05, 3.63) is 41.0 Å². The molecule has 0 unspecified atom stereocenters. The van der Waals surface area contributed by atoms with Crippen molar-refractivity contribution in [3.8, 4) is 10.4 Å². The third kappa shape index (κ3) is 5.38.